The van der Waals surface area contributed by atoms with Gasteiger partial charge in [0.1, 0.15) is 0 Å². The molecule has 0 radical (unpaired) electrons. The normalized spacial score (nSPS) is 14.3. The molecule has 1 aliphatic rings. The van der Waals surface area contributed by atoms with Crippen molar-refractivity contribution in [2.75, 3.05) is 13.8 Å². The number of guanidine groups is 1. The molecule has 0 saturated carbocycles. The van der Waals surface area contributed by atoms with Crippen LogP contribution in [0.1, 0.15) is 26.3 Å². The van der Waals surface area contributed by atoms with Crippen LogP contribution in [-0.4, -0.2) is 25.3 Å². The van der Waals surface area contributed by atoms with Crippen LogP contribution in [0.3, 0.4) is 0 Å². The Kier molecular flexibility index (Phi) is 4.42. The van der Waals surface area contributed by atoms with E-state index in [0.29, 0.717) is 6.54 Å². The lowest BCUT2D eigenvalue weighted by atomic mass is 10.1. The van der Waals surface area contributed by atoms with Gasteiger partial charge in [0.25, 0.3) is 0 Å². The molecule has 20 heavy (non-hydrogen) atoms. The maximum absolute atomic E-state index is 5.41. The minimum absolute atomic E-state index is 0.0304. The number of hydrogen-bond acceptors (Lipinski definition) is 3. The molecule has 0 fully saturated rings. The van der Waals surface area contributed by atoms with E-state index < -0.39 is 0 Å². The summed E-state index contributed by atoms with van der Waals surface area (Å²) in [6, 6.07) is 4.00. The highest BCUT2D eigenvalue weighted by atomic mass is 79.9. The highest BCUT2D eigenvalue weighted by Gasteiger charge is 2.18. The summed E-state index contributed by atoms with van der Waals surface area (Å²) in [5.74, 6) is 2.31. The average Bonchev–Trinajstić information content (AvgIpc) is 2.81. The summed E-state index contributed by atoms with van der Waals surface area (Å²) in [6.07, 6.45) is 0. The smallest absolute Gasteiger partial charge is 0.231 e. The van der Waals surface area contributed by atoms with Crippen LogP contribution in [0.4, 0.5) is 0 Å². The van der Waals surface area contributed by atoms with Gasteiger partial charge in [-0.05, 0) is 54.4 Å². The van der Waals surface area contributed by atoms with E-state index in [9.17, 15) is 0 Å². The standard InChI is InChI=1S/C14H20BrN3O2/c1-14(2,3)18-13(16-4)17-7-9-5-10(15)12-11(6-9)19-8-20-12/h5-6H,7-8H2,1-4H3,(H2,16,17,18). The van der Waals surface area contributed by atoms with E-state index in [1.165, 1.54) is 0 Å². The molecule has 110 valence electrons. The van der Waals surface area contributed by atoms with E-state index in [1.54, 1.807) is 7.05 Å². The molecular formula is C14H20BrN3O2. The third kappa shape index (κ3) is 3.79. The molecule has 1 aromatic rings. The van der Waals surface area contributed by atoms with E-state index in [-0.39, 0.29) is 12.3 Å². The first-order chi connectivity index (χ1) is 9.39. The first kappa shape index (κ1) is 15.0. The summed E-state index contributed by atoms with van der Waals surface area (Å²) < 4.78 is 11.7. The first-order valence-corrected chi connectivity index (χ1v) is 7.25. The van der Waals surface area contributed by atoms with Gasteiger partial charge >= 0.3 is 0 Å². The van der Waals surface area contributed by atoms with Gasteiger partial charge in [-0.2, -0.15) is 0 Å². The molecule has 5 nitrogen and oxygen atoms in total. The van der Waals surface area contributed by atoms with Crippen molar-refractivity contribution in [3.63, 3.8) is 0 Å². The number of nitrogens with one attached hydrogen (secondary N) is 2. The average molecular weight is 342 g/mol. The van der Waals surface area contributed by atoms with Crippen molar-refractivity contribution < 1.29 is 9.47 Å². The Labute approximate surface area is 127 Å². The number of hydrogen-bond donors (Lipinski definition) is 2. The monoisotopic (exact) mass is 341 g/mol. The Bertz CT molecular complexity index is 524. The van der Waals surface area contributed by atoms with Crippen LogP contribution >= 0.6 is 15.9 Å². The van der Waals surface area contributed by atoms with Gasteiger partial charge in [0, 0.05) is 19.1 Å². The zero-order chi connectivity index (χ0) is 14.8. The van der Waals surface area contributed by atoms with Gasteiger partial charge in [0.05, 0.1) is 4.47 Å². The van der Waals surface area contributed by atoms with Crippen LogP contribution in [-0.2, 0) is 6.54 Å². The summed E-state index contributed by atoms with van der Waals surface area (Å²) in [5.41, 5.74) is 1.06. The maximum atomic E-state index is 5.41. The quantitative estimate of drug-likeness (QED) is 0.641. The van der Waals surface area contributed by atoms with Crippen molar-refractivity contribution in [1.29, 1.82) is 0 Å². The molecule has 0 saturated heterocycles. The summed E-state index contributed by atoms with van der Waals surface area (Å²) >= 11 is 3.49. The number of nitrogens with zero attached hydrogens (tertiary/aromatic N) is 1. The molecule has 2 N–H and O–H groups in total. The van der Waals surface area contributed by atoms with Crippen LogP contribution in [0.5, 0.6) is 11.5 Å². The lowest BCUT2D eigenvalue weighted by Crippen LogP contribution is -2.47. The Morgan fingerprint density at radius 3 is 2.75 bits per heavy atom. The first-order valence-electron chi connectivity index (χ1n) is 6.46. The SMILES string of the molecule is CN=C(NCc1cc(Br)c2c(c1)OCO2)NC(C)(C)C. The molecule has 0 aromatic heterocycles. The predicted octanol–water partition coefficient (Wildman–Crippen LogP) is 2.64. The fraction of sp³-hybridized carbons (Fsp3) is 0.500. The molecule has 2 rings (SSSR count). The number of aliphatic imine (C=N–C) groups is 1. The van der Waals surface area contributed by atoms with Crippen molar-refractivity contribution in [2.24, 2.45) is 4.99 Å². The number of benzene rings is 1. The molecule has 0 spiro atoms. The van der Waals surface area contributed by atoms with Crippen molar-refractivity contribution in [1.82, 2.24) is 10.6 Å². The Hall–Kier alpha value is -1.43. The molecule has 0 amide bonds. The lowest BCUT2D eigenvalue weighted by Gasteiger charge is -2.23. The molecule has 0 bridgehead atoms. The number of halogens is 1. The van der Waals surface area contributed by atoms with E-state index in [2.05, 4.69) is 52.3 Å². The second kappa shape index (κ2) is 5.91. The Morgan fingerprint density at radius 1 is 1.35 bits per heavy atom. The fourth-order valence-corrected chi connectivity index (χ4v) is 2.45. The number of fused-ring (bicyclic) bond motifs is 1. The van der Waals surface area contributed by atoms with Crippen molar-refractivity contribution >= 4 is 21.9 Å². The van der Waals surface area contributed by atoms with Crippen LogP contribution in [0.25, 0.3) is 0 Å². The molecule has 1 aliphatic heterocycles. The summed E-state index contributed by atoms with van der Waals surface area (Å²) in [7, 11) is 1.76. The Balaban J connectivity index is 2.02. The third-order valence-corrected chi connectivity index (χ3v) is 3.25. The predicted molar refractivity (Wildman–Crippen MR) is 83.4 cm³/mol. The summed E-state index contributed by atoms with van der Waals surface area (Å²) in [6.45, 7) is 7.22. The van der Waals surface area contributed by atoms with Gasteiger partial charge in [-0.3, -0.25) is 4.99 Å². The largest absolute Gasteiger partial charge is 0.454 e. The minimum Gasteiger partial charge on any atom is -0.454 e. The van der Waals surface area contributed by atoms with E-state index in [4.69, 9.17) is 9.47 Å². The fourth-order valence-electron chi connectivity index (χ4n) is 1.84. The van der Waals surface area contributed by atoms with Crippen molar-refractivity contribution in [2.45, 2.75) is 32.9 Å². The zero-order valence-electron chi connectivity index (χ0n) is 12.2. The maximum Gasteiger partial charge on any atom is 0.231 e. The molecule has 0 atom stereocenters. The van der Waals surface area contributed by atoms with Crippen LogP contribution in [0, 0.1) is 0 Å². The highest BCUT2D eigenvalue weighted by molar-refractivity contribution is 9.10. The molecule has 0 aliphatic carbocycles. The second-order valence-corrected chi connectivity index (χ2v) is 6.47. The van der Waals surface area contributed by atoms with Gasteiger partial charge in [-0.25, -0.2) is 0 Å². The molecule has 1 heterocycles. The summed E-state index contributed by atoms with van der Waals surface area (Å²) in [5, 5.41) is 6.60. The molecule has 6 heteroatoms. The van der Waals surface area contributed by atoms with Gasteiger partial charge in [0.15, 0.2) is 17.5 Å². The number of ether oxygens (including phenoxy) is 2. The van der Waals surface area contributed by atoms with Crippen LogP contribution < -0.4 is 20.1 Å². The van der Waals surface area contributed by atoms with Crippen molar-refractivity contribution in [3.8, 4) is 11.5 Å². The zero-order valence-corrected chi connectivity index (χ0v) is 13.8. The third-order valence-electron chi connectivity index (χ3n) is 2.66. The molecular weight excluding hydrogens is 322 g/mol. The van der Waals surface area contributed by atoms with E-state index in [1.807, 2.05) is 12.1 Å². The van der Waals surface area contributed by atoms with Crippen molar-refractivity contribution in [3.05, 3.63) is 22.2 Å². The van der Waals surface area contributed by atoms with Gasteiger partial charge in [0.2, 0.25) is 6.79 Å². The van der Waals surface area contributed by atoms with E-state index in [0.717, 1.165) is 27.5 Å². The minimum atomic E-state index is -0.0304. The topological polar surface area (TPSA) is 54.9 Å². The van der Waals surface area contributed by atoms with Gasteiger partial charge in [-0.15, -0.1) is 0 Å². The molecule has 1 aromatic carbocycles. The molecule has 0 unspecified atom stereocenters. The van der Waals surface area contributed by atoms with Gasteiger partial charge < -0.3 is 20.1 Å². The summed E-state index contributed by atoms with van der Waals surface area (Å²) in [4.78, 5) is 4.21. The van der Waals surface area contributed by atoms with Gasteiger partial charge in [-0.1, -0.05) is 0 Å². The second-order valence-electron chi connectivity index (χ2n) is 5.61. The van der Waals surface area contributed by atoms with E-state index >= 15 is 0 Å². The van der Waals surface area contributed by atoms with Crippen LogP contribution in [0.2, 0.25) is 0 Å². The van der Waals surface area contributed by atoms with Crippen LogP contribution in [0.15, 0.2) is 21.6 Å². The Morgan fingerprint density at radius 2 is 2.10 bits per heavy atom. The lowest BCUT2D eigenvalue weighted by molar-refractivity contribution is 0.173. The highest BCUT2D eigenvalue weighted by Crippen LogP contribution is 2.39. The number of rotatable bonds is 2.